The molecule has 0 saturated carbocycles. The van der Waals surface area contributed by atoms with Crippen molar-refractivity contribution in [1.82, 2.24) is 0 Å². The van der Waals surface area contributed by atoms with Crippen LogP contribution in [-0.2, 0) is 0 Å². The van der Waals surface area contributed by atoms with E-state index in [1.165, 1.54) is 0 Å². The Kier molecular flexibility index (Phi) is 5.53. The van der Waals surface area contributed by atoms with Crippen molar-refractivity contribution < 1.29 is 0 Å². The fraction of sp³-hybridized carbons (Fsp3) is 0.222. The molecule has 1 unspecified atom stereocenters. The van der Waals surface area contributed by atoms with Crippen LogP contribution < -0.4 is 0 Å². The van der Waals surface area contributed by atoms with E-state index >= 15 is 0 Å². The largest absolute Gasteiger partial charge is 0.136 e. The fourth-order valence-electron chi connectivity index (χ4n) is 1.13. The highest BCUT2D eigenvalue weighted by Crippen LogP contribution is 2.46. The van der Waals surface area contributed by atoms with Gasteiger partial charge in [0.05, 0.1) is 29.3 Å². The summed E-state index contributed by atoms with van der Waals surface area (Å²) in [7, 11) is 0. The zero-order valence-electron chi connectivity index (χ0n) is 7.82. The highest BCUT2D eigenvalue weighted by Gasteiger charge is 2.23. The molecule has 0 spiro atoms. The SMILES string of the molecule is CC(C(=S)S)c1c(Cl)c(Cl)c(Cl)c(Cl)c1Cl. The number of thiol groups is 1. The number of halogens is 5. The number of hydrogen-bond acceptors (Lipinski definition) is 1. The van der Waals surface area contributed by atoms with E-state index in [1.54, 1.807) is 0 Å². The molecular formula is C9H5Cl5S2. The Hall–Kier alpha value is 1.11. The Balaban J connectivity index is 3.57. The van der Waals surface area contributed by atoms with E-state index in [9.17, 15) is 0 Å². The third-order valence-electron chi connectivity index (χ3n) is 2.05. The number of hydrogen-bond donors (Lipinski definition) is 1. The van der Waals surface area contributed by atoms with Gasteiger partial charge in [-0.1, -0.05) is 77.1 Å². The predicted molar refractivity (Wildman–Crippen MR) is 81.5 cm³/mol. The van der Waals surface area contributed by atoms with Crippen LogP contribution in [0.15, 0.2) is 0 Å². The molecule has 0 heterocycles. The maximum atomic E-state index is 6.06. The molecule has 1 atom stereocenters. The first kappa shape index (κ1) is 15.2. The van der Waals surface area contributed by atoms with Crippen molar-refractivity contribution >= 4 is 87.0 Å². The molecule has 0 aromatic heterocycles. The third kappa shape index (κ3) is 2.74. The Morgan fingerprint density at radius 1 is 0.938 bits per heavy atom. The molecule has 0 amide bonds. The summed E-state index contributed by atoms with van der Waals surface area (Å²) < 4.78 is 0.443. The van der Waals surface area contributed by atoms with E-state index in [0.717, 1.165) is 0 Å². The van der Waals surface area contributed by atoms with Gasteiger partial charge in [0.2, 0.25) is 0 Å². The van der Waals surface area contributed by atoms with Gasteiger partial charge in [-0.15, -0.1) is 12.6 Å². The lowest BCUT2D eigenvalue weighted by Crippen LogP contribution is -2.03. The van der Waals surface area contributed by atoms with Crippen molar-refractivity contribution in [3.8, 4) is 0 Å². The first-order valence-corrected chi connectivity index (χ1v) is 6.77. The van der Waals surface area contributed by atoms with E-state index in [4.69, 9.17) is 70.2 Å². The average Bonchev–Trinajstić information content (AvgIpc) is 2.23. The van der Waals surface area contributed by atoms with E-state index in [1.807, 2.05) is 6.92 Å². The van der Waals surface area contributed by atoms with Gasteiger partial charge in [0.25, 0.3) is 0 Å². The molecule has 0 radical (unpaired) electrons. The van der Waals surface area contributed by atoms with Crippen LogP contribution in [0.3, 0.4) is 0 Å². The maximum absolute atomic E-state index is 6.06. The van der Waals surface area contributed by atoms with Crippen LogP contribution >= 0.6 is 82.9 Å². The monoisotopic (exact) mass is 352 g/mol. The Morgan fingerprint density at radius 2 is 1.25 bits per heavy atom. The van der Waals surface area contributed by atoms with Crippen LogP contribution in [0.2, 0.25) is 25.1 Å². The number of thiocarbonyl (C=S) groups is 1. The normalized spacial score (nSPS) is 12.7. The Bertz CT molecular complexity index is 429. The number of benzene rings is 1. The molecule has 1 aromatic carbocycles. The van der Waals surface area contributed by atoms with Crippen molar-refractivity contribution in [2.75, 3.05) is 0 Å². The highest BCUT2D eigenvalue weighted by atomic mass is 35.5. The summed E-state index contributed by atoms with van der Waals surface area (Å²) >= 11 is 38.9. The maximum Gasteiger partial charge on any atom is 0.0809 e. The third-order valence-corrected chi connectivity index (χ3v) is 5.09. The van der Waals surface area contributed by atoms with Crippen LogP contribution in [0.25, 0.3) is 0 Å². The molecule has 0 bridgehead atoms. The molecule has 88 valence electrons. The molecule has 0 N–H and O–H groups in total. The van der Waals surface area contributed by atoms with Gasteiger partial charge in [-0.05, 0) is 0 Å². The molecule has 0 saturated heterocycles. The summed E-state index contributed by atoms with van der Waals surface area (Å²) in [5.41, 5.74) is 0.544. The quantitative estimate of drug-likeness (QED) is 0.281. The molecule has 0 fully saturated rings. The van der Waals surface area contributed by atoms with Crippen molar-refractivity contribution in [3.63, 3.8) is 0 Å². The second kappa shape index (κ2) is 5.83. The van der Waals surface area contributed by atoms with Crippen molar-refractivity contribution in [1.29, 1.82) is 0 Å². The summed E-state index contributed by atoms with van der Waals surface area (Å²) in [5, 5.41) is 0.989. The van der Waals surface area contributed by atoms with Gasteiger partial charge in [-0.25, -0.2) is 0 Å². The summed E-state index contributed by atoms with van der Waals surface area (Å²) in [6, 6.07) is 0. The lowest BCUT2D eigenvalue weighted by atomic mass is 10.0. The molecule has 0 nitrogen and oxygen atoms in total. The molecule has 1 aromatic rings. The second-order valence-electron chi connectivity index (χ2n) is 3.04. The van der Waals surface area contributed by atoms with Gasteiger partial charge >= 0.3 is 0 Å². The van der Waals surface area contributed by atoms with Crippen molar-refractivity contribution in [3.05, 3.63) is 30.7 Å². The summed E-state index contributed by atoms with van der Waals surface area (Å²) in [6.07, 6.45) is 0. The van der Waals surface area contributed by atoms with E-state index in [0.29, 0.717) is 9.76 Å². The molecule has 16 heavy (non-hydrogen) atoms. The van der Waals surface area contributed by atoms with Gasteiger partial charge in [0.15, 0.2) is 0 Å². The molecule has 1 rings (SSSR count). The van der Waals surface area contributed by atoms with Gasteiger partial charge in [-0.2, -0.15) is 0 Å². The van der Waals surface area contributed by atoms with E-state index in [2.05, 4.69) is 12.6 Å². The minimum absolute atomic E-state index is 0.138. The molecule has 0 aliphatic heterocycles. The summed E-state index contributed by atoms with van der Waals surface area (Å²) in [5.74, 6) is -0.245. The summed E-state index contributed by atoms with van der Waals surface area (Å²) in [6.45, 7) is 1.81. The average molecular weight is 355 g/mol. The first-order valence-electron chi connectivity index (χ1n) is 4.03. The van der Waals surface area contributed by atoms with Crippen LogP contribution in [0, 0.1) is 0 Å². The van der Waals surface area contributed by atoms with Gasteiger partial charge in [0.1, 0.15) is 0 Å². The zero-order chi connectivity index (χ0) is 12.6. The lowest BCUT2D eigenvalue weighted by molar-refractivity contribution is 1.06. The molecular weight excluding hydrogens is 349 g/mol. The van der Waals surface area contributed by atoms with Crippen LogP contribution in [0.1, 0.15) is 18.4 Å². The van der Waals surface area contributed by atoms with E-state index in [-0.39, 0.29) is 31.0 Å². The van der Waals surface area contributed by atoms with Crippen LogP contribution in [-0.4, -0.2) is 4.20 Å². The highest BCUT2D eigenvalue weighted by molar-refractivity contribution is 8.11. The van der Waals surface area contributed by atoms with Crippen molar-refractivity contribution in [2.45, 2.75) is 12.8 Å². The summed E-state index contributed by atoms with van der Waals surface area (Å²) in [4.78, 5) is 0. The van der Waals surface area contributed by atoms with Crippen LogP contribution in [0.4, 0.5) is 0 Å². The van der Waals surface area contributed by atoms with Gasteiger partial charge < -0.3 is 0 Å². The minimum Gasteiger partial charge on any atom is -0.136 e. The molecule has 0 aliphatic carbocycles. The number of rotatable bonds is 2. The molecule has 7 heteroatoms. The smallest absolute Gasteiger partial charge is 0.0809 e. The van der Waals surface area contributed by atoms with Crippen LogP contribution in [0.5, 0.6) is 0 Å². The van der Waals surface area contributed by atoms with Crippen molar-refractivity contribution in [2.24, 2.45) is 0 Å². The van der Waals surface area contributed by atoms with E-state index < -0.39 is 0 Å². The second-order valence-corrected chi connectivity index (χ2v) is 6.16. The standard InChI is InChI=1S/C9H5Cl5S2/c1-2(9(15)16)3-4(10)6(12)8(14)7(13)5(3)11/h2H,1H3,(H,15,16). The fourth-order valence-corrected chi connectivity index (χ4v) is 2.85. The van der Waals surface area contributed by atoms with Gasteiger partial charge in [0, 0.05) is 11.5 Å². The van der Waals surface area contributed by atoms with Gasteiger partial charge in [-0.3, -0.25) is 0 Å². The first-order chi connectivity index (χ1) is 7.29. The topological polar surface area (TPSA) is 0 Å². The zero-order valence-corrected chi connectivity index (χ0v) is 13.3. The Morgan fingerprint density at radius 3 is 1.56 bits per heavy atom. The Labute approximate surface area is 130 Å². The minimum atomic E-state index is -0.245. The molecule has 0 aliphatic rings. The predicted octanol–water partition coefficient (Wildman–Crippen LogP) is 6.31. The lowest BCUT2D eigenvalue weighted by Gasteiger charge is -2.17.